The van der Waals surface area contributed by atoms with Gasteiger partial charge in [-0.25, -0.2) is 0 Å². The molecule has 0 aliphatic rings. The maximum Gasteiger partial charge on any atom is 0.325 e. The second-order valence-corrected chi connectivity index (χ2v) is 4.36. The monoisotopic (exact) mass is 258 g/mol. The average Bonchev–Trinajstić information content (AvgIpc) is 2.38. The van der Waals surface area contributed by atoms with Crippen molar-refractivity contribution in [1.82, 2.24) is 10.3 Å². The van der Waals surface area contributed by atoms with Gasteiger partial charge in [0.05, 0.1) is 0 Å². The molecule has 19 heavy (non-hydrogen) atoms. The fourth-order valence-electron chi connectivity index (χ4n) is 1.87. The van der Waals surface area contributed by atoms with Crippen molar-refractivity contribution in [1.29, 1.82) is 0 Å². The van der Waals surface area contributed by atoms with E-state index in [1.807, 2.05) is 25.1 Å². The average molecular weight is 258 g/mol. The van der Waals surface area contributed by atoms with E-state index >= 15 is 0 Å². The number of carbonyl (C=O) groups is 2. The summed E-state index contributed by atoms with van der Waals surface area (Å²) in [4.78, 5) is 26.9. The van der Waals surface area contributed by atoms with E-state index in [2.05, 4.69) is 10.3 Å². The number of aryl methyl sites for hydroxylation is 1. The van der Waals surface area contributed by atoms with Crippen molar-refractivity contribution in [2.24, 2.45) is 0 Å². The Hall–Kier alpha value is -2.43. The van der Waals surface area contributed by atoms with Gasteiger partial charge in [-0.1, -0.05) is 18.2 Å². The van der Waals surface area contributed by atoms with Crippen molar-refractivity contribution in [3.8, 4) is 0 Å². The number of rotatable bonds is 3. The van der Waals surface area contributed by atoms with Crippen LogP contribution in [0.25, 0.3) is 10.8 Å². The summed E-state index contributed by atoms with van der Waals surface area (Å²) in [5, 5.41) is 12.9. The summed E-state index contributed by atoms with van der Waals surface area (Å²) in [5.41, 5.74) is 1.29. The quantitative estimate of drug-likeness (QED) is 0.879. The summed E-state index contributed by atoms with van der Waals surface area (Å²) in [6, 6.07) is 6.48. The van der Waals surface area contributed by atoms with Crippen molar-refractivity contribution in [2.45, 2.75) is 19.9 Å². The van der Waals surface area contributed by atoms with Crippen molar-refractivity contribution in [3.05, 3.63) is 41.7 Å². The van der Waals surface area contributed by atoms with E-state index in [0.717, 1.165) is 16.3 Å². The molecule has 0 radical (unpaired) electrons. The highest BCUT2D eigenvalue weighted by atomic mass is 16.4. The van der Waals surface area contributed by atoms with Gasteiger partial charge >= 0.3 is 5.97 Å². The number of hydrogen-bond donors (Lipinski definition) is 2. The highest BCUT2D eigenvalue weighted by Crippen LogP contribution is 2.20. The molecule has 0 saturated heterocycles. The van der Waals surface area contributed by atoms with Gasteiger partial charge in [-0.15, -0.1) is 0 Å². The van der Waals surface area contributed by atoms with Crippen molar-refractivity contribution in [3.63, 3.8) is 0 Å². The first-order valence-corrected chi connectivity index (χ1v) is 5.88. The maximum absolute atomic E-state index is 12.0. The summed E-state index contributed by atoms with van der Waals surface area (Å²) in [5.74, 6) is -1.56. The topological polar surface area (TPSA) is 79.3 Å². The number of nitrogens with zero attached hydrogens (tertiary/aromatic N) is 1. The van der Waals surface area contributed by atoms with Crippen molar-refractivity contribution in [2.75, 3.05) is 0 Å². The van der Waals surface area contributed by atoms with E-state index in [1.165, 1.54) is 6.92 Å². The maximum atomic E-state index is 12.0. The predicted octanol–water partition coefficient (Wildman–Crippen LogP) is 1.75. The molecule has 0 bridgehead atoms. The molecule has 5 nitrogen and oxygen atoms in total. The lowest BCUT2D eigenvalue weighted by Gasteiger charge is -2.11. The third-order valence-electron chi connectivity index (χ3n) is 2.96. The number of aliphatic carboxylic acids is 1. The van der Waals surface area contributed by atoms with E-state index in [1.54, 1.807) is 12.3 Å². The van der Waals surface area contributed by atoms with Gasteiger partial charge in [0.1, 0.15) is 11.7 Å². The molecule has 1 heterocycles. The number of nitrogens with one attached hydrogen (secondary N) is 1. The fourth-order valence-corrected chi connectivity index (χ4v) is 1.87. The molecule has 1 unspecified atom stereocenters. The SMILES string of the molecule is Cc1cccc2c(C(=O)NC(C)C(=O)O)nccc12. The minimum atomic E-state index is -1.08. The molecule has 1 atom stereocenters. The summed E-state index contributed by atoms with van der Waals surface area (Å²) in [6.07, 6.45) is 1.55. The minimum absolute atomic E-state index is 0.245. The Morgan fingerprint density at radius 2 is 2.00 bits per heavy atom. The molecule has 2 rings (SSSR count). The molecular formula is C14H14N2O3. The zero-order valence-corrected chi connectivity index (χ0v) is 10.7. The molecule has 2 aromatic rings. The zero-order valence-electron chi connectivity index (χ0n) is 10.7. The largest absolute Gasteiger partial charge is 0.480 e. The molecule has 0 saturated carbocycles. The molecule has 2 N–H and O–H groups in total. The Morgan fingerprint density at radius 1 is 1.26 bits per heavy atom. The van der Waals surface area contributed by atoms with Crippen LogP contribution in [-0.2, 0) is 4.79 Å². The van der Waals surface area contributed by atoms with Gasteiger partial charge in [0.15, 0.2) is 0 Å². The molecule has 5 heteroatoms. The Kier molecular flexibility index (Phi) is 3.46. The minimum Gasteiger partial charge on any atom is -0.480 e. The van der Waals surface area contributed by atoms with Gasteiger partial charge in [0, 0.05) is 11.6 Å². The van der Waals surface area contributed by atoms with Gasteiger partial charge in [0.2, 0.25) is 0 Å². The number of fused-ring (bicyclic) bond motifs is 1. The molecule has 0 fully saturated rings. The van der Waals surface area contributed by atoms with Crippen LogP contribution < -0.4 is 5.32 Å². The number of carbonyl (C=O) groups excluding carboxylic acids is 1. The summed E-state index contributed by atoms with van der Waals surface area (Å²) >= 11 is 0. The van der Waals surface area contributed by atoms with Crippen LogP contribution in [0.4, 0.5) is 0 Å². The van der Waals surface area contributed by atoms with E-state index < -0.39 is 17.9 Å². The summed E-state index contributed by atoms with van der Waals surface area (Å²) < 4.78 is 0. The van der Waals surface area contributed by atoms with Crippen LogP contribution in [0.15, 0.2) is 30.5 Å². The highest BCUT2D eigenvalue weighted by Gasteiger charge is 2.18. The van der Waals surface area contributed by atoms with Crippen LogP contribution in [0.5, 0.6) is 0 Å². The van der Waals surface area contributed by atoms with Crippen LogP contribution in [-0.4, -0.2) is 28.0 Å². The zero-order chi connectivity index (χ0) is 14.0. The van der Waals surface area contributed by atoms with Crippen LogP contribution in [0.2, 0.25) is 0 Å². The first-order valence-electron chi connectivity index (χ1n) is 5.88. The molecule has 0 spiro atoms. The van der Waals surface area contributed by atoms with Gasteiger partial charge < -0.3 is 10.4 Å². The number of aromatic nitrogens is 1. The van der Waals surface area contributed by atoms with Crippen LogP contribution in [0, 0.1) is 6.92 Å². The molecule has 1 aromatic heterocycles. The number of benzene rings is 1. The number of carboxylic acid groups (broad SMARTS) is 1. The first kappa shape index (κ1) is 13.0. The number of pyridine rings is 1. The smallest absolute Gasteiger partial charge is 0.325 e. The highest BCUT2D eigenvalue weighted by molar-refractivity contribution is 6.06. The summed E-state index contributed by atoms with van der Waals surface area (Å²) in [6.45, 7) is 3.36. The van der Waals surface area contributed by atoms with Gasteiger partial charge in [0.25, 0.3) is 5.91 Å². The lowest BCUT2D eigenvalue weighted by Crippen LogP contribution is -2.38. The normalized spacial score (nSPS) is 12.1. The van der Waals surface area contributed by atoms with Crippen molar-refractivity contribution >= 4 is 22.6 Å². The Morgan fingerprint density at radius 3 is 2.68 bits per heavy atom. The second kappa shape index (κ2) is 5.06. The van der Waals surface area contributed by atoms with Gasteiger partial charge in [-0.3, -0.25) is 14.6 Å². The molecule has 0 aliphatic heterocycles. The first-order chi connectivity index (χ1) is 9.00. The predicted molar refractivity (Wildman–Crippen MR) is 71.0 cm³/mol. The lowest BCUT2D eigenvalue weighted by atomic mass is 10.0. The van der Waals surface area contributed by atoms with E-state index in [4.69, 9.17) is 5.11 Å². The second-order valence-electron chi connectivity index (χ2n) is 4.36. The molecule has 0 aliphatic carbocycles. The molecule has 1 amide bonds. The Labute approximate surface area is 110 Å². The standard InChI is InChI=1S/C14H14N2O3/c1-8-4-3-5-11-10(8)6-7-15-12(11)13(17)16-9(2)14(18)19/h3-7,9H,1-2H3,(H,16,17)(H,18,19). The molecular weight excluding hydrogens is 244 g/mol. The Balaban J connectivity index is 2.43. The summed E-state index contributed by atoms with van der Waals surface area (Å²) in [7, 11) is 0. The third-order valence-corrected chi connectivity index (χ3v) is 2.96. The van der Waals surface area contributed by atoms with E-state index in [-0.39, 0.29) is 5.69 Å². The van der Waals surface area contributed by atoms with Crippen LogP contribution in [0.1, 0.15) is 23.0 Å². The fraction of sp³-hybridized carbons (Fsp3) is 0.214. The number of hydrogen-bond acceptors (Lipinski definition) is 3. The van der Waals surface area contributed by atoms with Crippen LogP contribution in [0.3, 0.4) is 0 Å². The van der Waals surface area contributed by atoms with Crippen LogP contribution >= 0.6 is 0 Å². The van der Waals surface area contributed by atoms with E-state index in [0.29, 0.717) is 0 Å². The van der Waals surface area contributed by atoms with Gasteiger partial charge in [-0.05, 0) is 30.9 Å². The Bertz CT molecular complexity index is 652. The molecule has 1 aromatic carbocycles. The lowest BCUT2D eigenvalue weighted by molar-refractivity contribution is -0.138. The van der Waals surface area contributed by atoms with Gasteiger partial charge in [-0.2, -0.15) is 0 Å². The molecule has 98 valence electrons. The third kappa shape index (κ3) is 2.54. The number of carboxylic acids is 1. The van der Waals surface area contributed by atoms with Crippen molar-refractivity contribution < 1.29 is 14.7 Å². The number of amides is 1. The van der Waals surface area contributed by atoms with E-state index in [9.17, 15) is 9.59 Å².